The van der Waals surface area contributed by atoms with E-state index in [0.717, 1.165) is 59.7 Å². The van der Waals surface area contributed by atoms with E-state index >= 15 is 13.2 Å². The molecule has 13 rings (SSSR count). The third-order valence-electron chi connectivity index (χ3n) is 19.0. The second-order valence-corrected chi connectivity index (χ2v) is 24.3. The fourth-order valence-corrected chi connectivity index (χ4v) is 14.6. The number of fused-ring (bicyclic) bond motifs is 8. The maximum Gasteiger partial charge on any atom is 0.416 e. The molecule has 3 aliphatic carbocycles. The summed E-state index contributed by atoms with van der Waals surface area (Å²) in [5.74, 6) is 1.45. The van der Waals surface area contributed by atoms with Gasteiger partial charge in [0.15, 0.2) is 17.1 Å². The Kier molecular flexibility index (Phi) is 15.1. The molecule has 0 bridgehead atoms. The summed E-state index contributed by atoms with van der Waals surface area (Å²) in [6.07, 6.45) is 1.97. The van der Waals surface area contributed by atoms with E-state index in [2.05, 4.69) is 35.2 Å². The van der Waals surface area contributed by atoms with Crippen molar-refractivity contribution < 1.29 is 59.6 Å². The van der Waals surface area contributed by atoms with Crippen molar-refractivity contribution in [2.45, 2.75) is 94.5 Å². The van der Waals surface area contributed by atoms with Gasteiger partial charge in [-0.1, -0.05) is 117 Å². The second-order valence-electron chi connectivity index (χ2n) is 24.3. The summed E-state index contributed by atoms with van der Waals surface area (Å²) in [6, 6.07) is 46.1. The van der Waals surface area contributed by atoms with E-state index in [1.165, 1.54) is 44.4 Å². The summed E-state index contributed by atoms with van der Waals surface area (Å²) >= 11 is 0. The standard InChI is InChI=1S/C73H65F6NO7/c1-70(2)65-60(40-54(72(74,75)76)41-61(65)73(77,78)79)64-58-42-63(62(83-3)43-59(58)67-57(66(64)70)34-35-71(87-67,52-12-8-5-9-13-52)53-28-30-55(31-29-53)80-36-38-84-39-37-80)86-69(82)51-24-20-48(21-25-51)49-26-32-56(33-27-49)85-68(81)50-22-18-47(19-23-50)46-16-14-45(15-17-46)44-10-6-4-7-11-44/h4-13,20-21,24-35,40-43,45-47,50H,14-19,22-23,36-39H2,1-3H3. The van der Waals surface area contributed by atoms with E-state index in [1.807, 2.05) is 72.8 Å². The molecule has 0 spiro atoms. The molecule has 2 saturated carbocycles. The molecule has 0 amide bonds. The molecule has 1 atom stereocenters. The van der Waals surface area contributed by atoms with E-state index in [1.54, 1.807) is 62.4 Å². The van der Waals surface area contributed by atoms with E-state index in [9.17, 15) is 22.8 Å². The van der Waals surface area contributed by atoms with Crippen LogP contribution in [0.25, 0.3) is 39.1 Å². The van der Waals surface area contributed by atoms with Gasteiger partial charge in [-0.25, -0.2) is 4.79 Å². The number of alkyl halides is 6. The molecule has 0 radical (unpaired) electrons. The maximum absolute atomic E-state index is 15.3. The van der Waals surface area contributed by atoms with Crippen molar-refractivity contribution in [1.82, 2.24) is 0 Å². The van der Waals surface area contributed by atoms with Crippen LogP contribution in [0.1, 0.15) is 126 Å². The van der Waals surface area contributed by atoms with Gasteiger partial charge < -0.3 is 28.6 Å². The molecule has 1 unspecified atom stereocenters. The van der Waals surface area contributed by atoms with Crippen molar-refractivity contribution in [3.8, 4) is 45.3 Å². The number of ether oxygens (including phenoxy) is 5. The highest BCUT2D eigenvalue weighted by Gasteiger charge is 2.51. The Morgan fingerprint density at radius 2 is 1.21 bits per heavy atom. The number of anilines is 1. The van der Waals surface area contributed by atoms with Crippen LogP contribution in [0, 0.1) is 17.8 Å². The third kappa shape index (κ3) is 10.8. The summed E-state index contributed by atoms with van der Waals surface area (Å²) < 4.78 is 121. The predicted octanol–water partition coefficient (Wildman–Crippen LogP) is 18.0. The monoisotopic (exact) mass is 1180 g/mol. The molecule has 8 nitrogen and oxygen atoms in total. The fourth-order valence-electron chi connectivity index (χ4n) is 14.6. The third-order valence-corrected chi connectivity index (χ3v) is 19.0. The molecule has 0 aromatic heterocycles. The molecule has 2 heterocycles. The van der Waals surface area contributed by atoms with Crippen molar-refractivity contribution >= 4 is 34.5 Å². The van der Waals surface area contributed by atoms with E-state index in [-0.39, 0.29) is 62.8 Å². The molecule has 446 valence electrons. The zero-order valence-electron chi connectivity index (χ0n) is 48.5. The zero-order chi connectivity index (χ0) is 60.4. The number of halogens is 6. The van der Waals surface area contributed by atoms with Gasteiger partial charge in [0.05, 0.1) is 42.9 Å². The van der Waals surface area contributed by atoms with Gasteiger partial charge in [0.25, 0.3) is 0 Å². The van der Waals surface area contributed by atoms with Crippen molar-refractivity contribution in [3.05, 3.63) is 214 Å². The largest absolute Gasteiger partial charge is 0.493 e. The van der Waals surface area contributed by atoms with Crippen LogP contribution >= 0.6 is 0 Å². The highest BCUT2D eigenvalue weighted by Crippen LogP contribution is 2.62. The number of rotatable bonds is 11. The van der Waals surface area contributed by atoms with E-state index in [0.29, 0.717) is 66.3 Å². The average molecular weight is 1180 g/mol. The minimum Gasteiger partial charge on any atom is -0.493 e. The number of benzene rings is 8. The van der Waals surface area contributed by atoms with Crippen LogP contribution in [-0.4, -0.2) is 45.4 Å². The topological polar surface area (TPSA) is 83.5 Å². The molecule has 2 aliphatic heterocycles. The van der Waals surface area contributed by atoms with Crippen molar-refractivity contribution in [1.29, 1.82) is 0 Å². The second kappa shape index (κ2) is 22.7. The fraction of sp³-hybridized carbons (Fsp3) is 0.315. The van der Waals surface area contributed by atoms with Crippen molar-refractivity contribution in [3.63, 3.8) is 0 Å². The predicted molar refractivity (Wildman–Crippen MR) is 323 cm³/mol. The summed E-state index contributed by atoms with van der Waals surface area (Å²) in [5.41, 5.74) is 0.0468. The number of carbonyl (C=O) groups excluding carboxylic acids is 2. The molecule has 8 aromatic rings. The lowest BCUT2D eigenvalue weighted by Gasteiger charge is -2.39. The quantitative estimate of drug-likeness (QED) is 0.0720. The first-order valence-electron chi connectivity index (χ1n) is 30.0. The lowest BCUT2D eigenvalue weighted by atomic mass is 9.68. The average Bonchev–Trinajstić information content (AvgIpc) is 1.57. The Morgan fingerprint density at radius 1 is 0.609 bits per heavy atom. The summed E-state index contributed by atoms with van der Waals surface area (Å²) in [4.78, 5) is 29.9. The Morgan fingerprint density at radius 3 is 1.83 bits per heavy atom. The highest BCUT2D eigenvalue weighted by molar-refractivity contribution is 6.10. The molecular formula is C73H65F6NO7. The molecule has 14 heteroatoms. The minimum absolute atomic E-state index is 0.0517. The molecule has 5 aliphatic rings. The van der Waals surface area contributed by atoms with E-state index < -0.39 is 40.5 Å². The number of nitrogens with zero attached hydrogens (tertiary/aromatic N) is 1. The molecule has 3 fully saturated rings. The van der Waals surface area contributed by atoms with Gasteiger partial charge in [-0.15, -0.1) is 0 Å². The summed E-state index contributed by atoms with van der Waals surface area (Å²) in [5, 5.41) is 0.472. The number of morpholine rings is 1. The Bertz CT molecular complexity index is 3920. The van der Waals surface area contributed by atoms with Crippen LogP contribution in [0.3, 0.4) is 0 Å². The molecule has 1 saturated heterocycles. The van der Waals surface area contributed by atoms with Gasteiger partial charge in [0.2, 0.25) is 0 Å². The van der Waals surface area contributed by atoms with Gasteiger partial charge in [0, 0.05) is 46.3 Å². The lowest BCUT2D eigenvalue weighted by molar-refractivity contribution is -0.144. The Labute approximate surface area is 501 Å². The SMILES string of the molecule is COc1cc2c3c(c4c(c2cc1OC(=O)c1ccc(-c2ccc(OC(=O)C5CCC(C6CCC(c7ccccc7)CC6)CC5)cc2)cc1)-c1cc(C(F)(F)F)cc(C(F)(F)F)c1C4(C)C)C=CC(c1ccccc1)(c1ccc(N2CCOCC2)cc1)O3. The first-order valence-corrected chi connectivity index (χ1v) is 30.0. The van der Waals surface area contributed by atoms with Gasteiger partial charge >= 0.3 is 24.3 Å². The Balaban J connectivity index is 0.789. The molecule has 0 N–H and O–H groups in total. The zero-order valence-corrected chi connectivity index (χ0v) is 48.5. The summed E-state index contributed by atoms with van der Waals surface area (Å²) in [7, 11) is 1.37. The lowest BCUT2D eigenvalue weighted by Crippen LogP contribution is -2.37. The van der Waals surface area contributed by atoms with Gasteiger partial charge in [-0.05, 0) is 180 Å². The van der Waals surface area contributed by atoms with Crippen molar-refractivity contribution in [2.75, 3.05) is 38.3 Å². The van der Waals surface area contributed by atoms with E-state index in [4.69, 9.17) is 23.7 Å². The van der Waals surface area contributed by atoms with Crippen LogP contribution in [0.15, 0.2) is 164 Å². The number of hydrogen-bond acceptors (Lipinski definition) is 8. The van der Waals surface area contributed by atoms with Crippen molar-refractivity contribution in [2.24, 2.45) is 17.8 Å². The molecule has 87 heavy (non-hydrogen) atoms. The van der Waals surface area contributed by atoms with Crippen LogP contribution < -0.4 is 23.8 Å². The smallest absolute Gasteiger partial charge is 0.416 e. The summed E-state index contributed by atoms with van der Waals surface area (Å²) in [6.45, 7) is 5.75. The first-order chi connectivity index (χ1) is 41.9. The number of carbonyl (C=O) groups is 2. The highest BCUT2D eigenvalue weighted by atomic mass is 19.4. The normalized spacial score (nSPS) is 21.5. The van der Waals surface area contributed by atoms with Crippen LogP contribution in [-0.2, 0) is 32.9 Å². The van der Waals surface area contributed by atoms with Gasteiger partial charge in [-0.3, -0.25) is 4.79 Å². The first kappa shape index (κ1) is 57.7. The molecule has 8 aromatic carbocycles. The van der Waals surface area contributed by atoms with Gasteiger partial charge in [-0.2, -0.15) is 26.3 Å². The van der Waals surface area contributed by atoms with Crippen LogP contribution in [0.2, 0.25) is 0 Å². The number of methoxy groups -OCH3 is 1. The molecular weight excluding hydrogens is 1120 g/mol. The number of esters is 2. The van der Waals surface area contributed by atoms with Crippen LogP contribution in [0.4, 0.5) is 32.0 Å². The number of hydrogen-bond donors (Lipinski definition) is 0. The maximum atomic E-state index is 15.3. The van der Waals surface area contributed by atoms with Crippen LogP contribution in [0.5, 0.6) is 23.0 Å². The Hall–Kier alpha value is -8.36. The minimum atomic E-state index is -5.18. The van der Waals surface area contributed by atoms with Gasteiger partial charge in [0.1, 0.15) is 11.5 Å².